The molecule has 0 spiro atoms. The highest BCUT2D eigenvalue weighted by Crippen LogP contribution is 2.25. The van der Waals surface area contributed by atoms with Crippen LogP contribution in [-0.2, 0) is 14.8 Å². The minimum absolute atomic E-state index is 0.0278. The van der Waals surface area contributed by atoms with Gasteiger partial charge in [-0.1, -0.05) is 6.07 Å². The quantitative estimate of drug-likeness (QED) is 0.743. The van der Waals surface area contributed by atoms with E-state index in [2.05, 4.69) is 14.4 Å². The number of ether oxygens (including phenoxy) is 1. The molecule has 0 amide bonds. The maximum absolute atomic E-state index is 12.7. The molecule has 0 unspecified atom stereocenters. The van der Waals surface area contributed by atoms with Crippen molar-refractivity contribution in [2.75, 3.05) is 26.7 Å². The van der Waals surface area contributed by atoms with Gasteiger partial charge in [0.05, 0.1) is 29.9 Å². The van der Waals surface area contributed by atoms with E-state index >= 15 is 0 Å². The maximum atomic E-state index is 12.7. The molecule has 7 nitrogen and oxygen atoms in total. The number of carbonyl (C=O) groups excluding carboxylic acids is 1. The lowest BCUT2D eigenvalue weighted by molar-refractivity contribution is 0.0600. The van der Waals surface area contributed by atoms with Gasteiger partial charge >= 0.3 is 5.97 Å². The number of nitrogens with one attached hydrogen (secondary N) is 1. The SMILES string of the molecule is COC(=O)c1cccc(S(=O)(=O)NC[C@@H](c2ccco2)N2CCCC2)c1. The Morgan fingerprint density at radius 1 is 1.27 bits per heavy atom. The van der Waals surface area contributed by atoms with Gasteiger partial charge in [0.15, 0.2) is 0 Å². The minimum Gasteiger partial charge on any atom is -0.468 e. The van der Waals surface area contributed by atoms with Gasteiger partial charge in [0, 0.05) is 6.54 Å². The van der Waals surface area contributed by atoms with Crippen LogP contribution in [0, 0.1) is 0 Å². The number of nitrogens with zero attached hydrogens (tertiary/aromatic N) is 1. The van der Waals surface area contributed by atoms with Gasteiger partial charge in [0.1, 0.15) is 5.76 Å². The number of methoxy groups -OCH3 is 1. The summed E-state index contributed by atoms with van der Waals surface area (Å²) in [5, 5.41) is 0. The van der Waals surface area contributed by atoms with Crippen LogP contribution in [0.3, 0.4) is 0 Å². The van der Waals surface area contributed by atoms with Crippen molar-refractivity contribution in [3.8, 4) is 0 Å². The number of hydrogen-bond donors (Lipinski definition) is 1. The van der Waals surface area contributed by atoms with E-state index in [0.29, 0.717) is 0 Å². The first kappa shape index (κ1) is 18.6. The average Bonchev–Trinajstić information content (AvgIpc) is 3.36. The van der Waals surface area contributed by atoms with Crippen molar-refractivity contribution < 1.29 is 22.4 Å². The largest absolute Gasteiger partial charge is 0.468 e. The number of rotatable bonds is 7. The molecule has 0 saturated carbocycles. The van der Waals surface area contributed by atoms with Gasteiger partial charge in [0.25, 0.3) is 0 Å². The lowest BCUT2D eigenvalue weighted by Gasteiger charge is -2.26. The van der Waals surface area contributed by atoms with Crippen LogP contribution < -0.4 is 4.72 Å². The normalized spacial score (nSPS) is 16.5. The summed E-state index contributed by atoms with van der Waals surface area (Å²) in [6.07, 6.45) is 3.77. The van der Waals surface area contributed by atoms with Gasteiger partial charge in [-0.15, -0.1) is 0 Å². The molecular weight excluding hydrogens is 356 g/mol. The Morgan fingerprint density at radius 3 is 2.69 bits per heavy atom. The molecule has 1 atom stereocenters. The van der Waals surface area contributed by atoms with E-state index in [-0.39, 0.29) is 23.0 Å². The van der Waals surface area contributed by atoms with E-state index in [9.17, 15) is 13.2 Å². The molecule has 3 rings (SSSR count). The number of likely N-dealkylation sites (tertiary alicyclic amines) is 1. The molecule has 1 aliphatic heterocycles. The second-order valence-corrected chi connectivity index (χ2v) is 7.91. The van der Waals surface area contributed by atoms with Crippen molar-refractivity contribution in [3.63, 3.8) is 0 Å². The van der Waals surface area contributed by atoms with Gasteiger partial charge in [-0.25, -0.2) is 17.9 Å². The molecule has 0 aliphatic carbocycles. The molecule has 0 bridgehead atoms. The summed E-state index contributed by atoms with van der Waals surface area (Å²) in [4.78, 5) is 13.9. The Bertz CT molecular complexity index is 842. The highest BCUT2D eigenvalue weighted by molar-refractivity contribution is 7.89. The molecule has 2 heterocycles. The third-order valence-corrected chi connectivity index (χ3v) is 5.91. The Morgan fingerprint density at radius 2 is 2.04 bits per heavy atom. The molecule has 1 aliphatic rings. The third kappa shape index (κ3) is 4.14. The Labute approximate surface area is 153 Å². The lowest BCUT2D eigenvalue weighted by Crippen LogP contribution is -2.36. The number of furan rings is 1. The molecule has 1 N–H and O–H groups in total. The molecule has 1 fully saturated rings. The summed E-state index contributed by atoms with van der Waals surface area (Å²) in [5.41, 5.74) is 0.192. The summed E-state index contributed by atoms with van der Waals surface area (Å²) >= 11 is 0. The maximum Gasteiger partial charge on any atom is 0.337 e. The fourth-order valence-electron chi connectivity index (χ4n) is 3.12. The first-order chi connectivity index (χ1) is 12.5. The lowest BCUT2D eigenvalue weighted by atomic mass is 10.2. The molecule has 2 aromatic rings. The topological polar surface area (TPSA) is 88.8 Å². The minimum atomic E-state index is -3.77. The van der Waals surface area contributed by atoms with Crippen molar-refractivity contribution in [2.45, 2.75) is 23.8 Å². The van der Waals surface area contributed by atoms with Crippen LogP contribution in [0.5, 0.6) is 0 Å². The standard InChI is InChI=1S/C18H22N2O5S/c1-24-18(21)14-6-4-7-15(12-14)26(22,23)19-13-16(17-8-5-11-25-17)20-9-2-3-10-20/h4-8,11-12,16,19H,2-3,9-10,13H2,1H3/t16-/m0/s1. The first-order valence-electron chi connectivity index (χ1n) is 8.47. The highest BCUT2D eigenvalue weighted by Gasteiger charge is 2.27. The fraction of sp³-hybridized carbons (Fsp3) is 0.389. The first-order valence-corrected chi connectivity index (χ1v) is 9.95. The van der Waals surface area contributed by atoms with Crippen molar-refractivity contribution in [1.29, 1.82) is 0 Å². The van der Waals surface area contributed by atoms with E-state index in [1.807, 2.05) is 6.07 Å². The van der Waals surface area contributed by atoms with Crippen molar-refractivity contribution in [2.24, 2.45) is 0 Å². The summed E-state index contributed by atoms with van der Waals surface area (Å²) < 4.78 is 38.1. The third-order valence-electron chi connectivity index (χ3n) is 4.49. The fourth-order valence-corrected chi connectivity index (χ4v) is 4.21. The van der Waals surface area contributed by atoms with E-state index < -0.39 is 16.0 Å². The highest BCUT2D eigenvalue weighted by atomic mass is 32.2. The van der Waals surface area contributed by atoms with E-state index in [4.69, 9.17) is 4.42 Å². The van der Waals surface area contributed by atoms with Crippen LogP contribution in [0.25, 0.3) is 0 Å². The number of esters is 1. The van der Waals surface area contributed by atoms with E-state index in [0.717, 1.165) is 31.7 Å². The number of hydrogen-bond acceptors (Lipinski definition) is 6. The number of carbonyl (C=O) groups is 1. The summed E-state index contributed by atoms with van der Waals surface area (Å²) in [7, 11) is -2.51. The second-order valence-electron chi connectivity index (χ2n) is 6.15. The van der Waals surface area contributed by atoms with Crippen LogP contribution in [0.4, 0.5) is 0 Å². The Kier molecular flexibility index (Phi) is 5.75. The zero-order valence-electron chi connectivity index (χ0n) is 14.6. The molecular formula is C18H22N2O5S. The van der Waals surface area contributed by atoms with Gasteiger partial charge in [0.2, 0.25) is 10.0 Å². The van der Waals surface area contributed by atoms with Gasteiger partial charge in [-0.05, 0) is 56.3 Å². The Hall–Kier alpha value is -2.16. The summed E-state index contributed by atoms with van der Waals surface area (Å²) in [5.74, 6) is 0.158. The molecule has 26 heavy (non-hydrogen) atoms. The van der Waals surface area contributed by atoms with Gasteiger partial charge in [-0.3, -0.25) is 4.90 Å². The smallest absolute Gasteiger partial charge is 0.337 e. The van der Waals surface area contributed by atoms with Crippen molar-refractivity contribution in [3.05, 3.63) is 54.0 Å². The van der Waals surface area contributed by atoms with Gasteiger partial charge < -0.3 is 9.15 Å². The van der Waals surface area contributed by atoms with Crippen LogP contribution in [0.1, 0.15) is 35.0 Å². The molecule has 140 valence electrons. The van der Waals surface area contributed by atoms with Crippen LogP contribution >= 0.6 is 0 Å². The predicted octanol–water partition coefficient (Wildman–Crippen LogP) is 2.18. The van der Waals surface area contributed by atoms with Gasteiger partial charge in [-0.2, -0.15) is 0 Å². The molecule has 8 heteroatoms. The van der Waals surface area contributed by atoms with Crippen LogP contribution in [-0.4, -0.2) is 46.0 Å². The number of benzene rings is 1. The molecule has 1 saturated heterocycles. The number of sulfonamides is 1. The zero-order valence-corrected chi connectivity index (χ0v) is 15.4. The summed E-state index contributed by atoms with van der Waals surface area (Å²) in [6.45, 7) is 2.01. The monoisotopic (exact) mass is 378 g/mol. The van der Waals surface area contributed by atoms with Crippen LogP contribution in [0.2, 0.25) is 0 Å². The average molecular weight is 378 g/mol. The Balaban J connectivity index is 1.77. The summed E-state index contributed by atoms with van der Waals surface area (Å²) in [6, 6.07) is 9.29. The zero-order chi connectivity index (χ0) is 18.6. The van der Waals surface area contributed by atoms with E-state index in [1.54, 1.807) is 12.3 Å². The second kappa shape index (κ2) is 8.03. The van der Waals surface area contributed by atoms with E-state index in [1.165, 1.54) is 31.4 Å². The molecule has 1 aromatic heterocycles. The van der Waals surface area contributed by atoms with Crippen molar-refractivity contribution in [1.82, 2.24) is 9.62 Å². The predicted molar refractivity (Wildman–Crippen MR) is 95.2 cm³/mol. The molecule has 1 aromatic carbocycles. The molecule has 0 radical (unpaired) electrons. The van der Waals surface area contributed by atoms with Crippen LogP contribution in [0.15, 0.2) is 52.0 Å². The van der Waals surface area contributed by atoms with Crippen molar-refractivity contribution >= 4 is 16.0 Å².